The number of amides is 1. The number of ketones is 2. The molecule has 0 saturated heterocycles. The molecule has 1 amide bonds. The quantitative estimate of drug-likeness (QED) is 0.194. The Morgan fingerprint density at radius 2 is 1.71 bits per heavy atom. The molecule has 0 aliphatic heterocycles. The lowest BCUT2D eigenvalue weighted by atomic mass is 9.85. The van der Waals surface area contributed by atoms with Gasteiger partial charge in [-0.2, -0.15) is 4.99 Å². The standard InChI is InChI=1S/C16H14O3.C6H8ClN7O.ClH/c1-3-12(11-7-5-4-6-8-11)13-9-15(18)16(19-2)10-14(13)17;7-2-4(9)13-3(8)1(12-2)5(15)14-6(10)11;/h3-10,12H,1H2,2H3;(H4,8,9,13)(H4,10,11,14,15);1H. The Hall–Kier alpha value is -4.22. The molecule has 0 saturated carbocycles. The van der Waals surface area contributed by atoms with Gasteiger partial charge in [-0.3, -0.25) is 14.4 Å². The molecule has 2 aromatic rings. The fourth-order valence-corrected chi connectivity index (χ4v) is 2.96. The third-order valence-electron chi connectivity index (χ3n) is 4.36. The zero-order chi connectivity index (χ0) is 25.4. The van der Waals surface area contributed by atoms with Crippen molar-refractivity contribution in [3.8, 4) is 0 Å². The second-order valence-corrected chi connectivity index (χ2v) is 7.00. The topological polar surface area (TPSA) is 203 Å². The minimum Gasteiger partial charge on any atom is -0.493 e. The number of benzene rings is 1. The third kappa shape index (κ3) is 7.39. The summed E-state index contributed by atoms with van der Waals surface area (Å²) in [6.07, 6.45) is 4.23. The summed E-state index contributed by atoms with van der Waals surface area (Å²) in [6, 6.07) is 9.48. The van der Waals surface area contributed by atoms with E-state index in [9.17, 15) is 14.4 Å². The van der Waals surface area contributed by atoms with Crippen molar-refractivity contribution in [3.63, 3.8) is 0 Å². The first-order valence-electron chi connectivity index (χ1n) is 9.54. The summed E-state index contributed by atoms with van der Waals surface area (Å²) in [5, 5.41) is -0.140. The van der Waals surface area contributed by atoms with Gasteiger partial charge in [0.1, 0.15) is 0 Å². The number of nitrogens with zero attached hydrogens (tertiary/aromatic N) is 3. The van der Waals surface area contributed by atoms with Gasteiger partial charge < -0.3 is 27.7 Å². The van der Waals surface area contributed by atoms with E-state index in [0.717, 1.165) is 5.56 Å². The number of carbonyl (C=O) groups excluding carboxylic acids is 3. The van der Waals surface area contributed by atoms with Crippen LogP contribution in [0.1, 0.15) is 22.0 Å². The zero-order valence-corrected chi connectivity index (χ0v) is 20.0. The van der Waals surface area contributed by atoms with E-state index in [0.29, 0.717) is 5.57 Å². The number of halogens is 2. The van der Waals surface area contributed by atoms with Crippen molar-refractivity contribution in [1.29, 1.82) is 0 Å². The number of methoxy groups -OCH3 is 1. The van der Waals surface area contributed by atoms with Crippen LogP contribution in [0, 0.1) is 0 Å². The molecule has 1 aromatic heterocycles. The smallest absolute Gasteiger partial charge is 0.302 e. The molecule has 13 heteroatoms. The lowest BCUT2D eigenvalue weighted by Crippen LogP contribution is -2.24. The van der Waals surface area contributed by atoms with E-state index >= 15 is 0 Å². The van der Waals surface area contributed by atoms with E-state index < -0.39 is 11.9 Å². The average molecular weight is 520 g/mol. The molecule has 0 spiro atoms. The molecule has 1 aromatic carbocycles. The molecule has 1 unspecified atom stereocenters. The van der Waals surface area contributed by atoms with Crippen molar-refractivity contribution in [2.24, 2.45) is 16.5 Å². The fraction of sp³-hybridized carbons (Fsp3) is 0.0909. The number of hydrogen-bond acceptors (Lipinski definition) is 8. The van der Waals surface area contributed by atoms with Gasteiger partial charge in [0.05, 0.1) is 7.11 Å². The van der Waals surface area contributed by atoms with Crippen molar-refractivity contribution in [3.05, 3.63) is 82.9 Å². The van der Waals surface area contributed by atoms with Crippen molar-refractivity contribution >= 4 is 59.1 Å². The summed E-state index contributed by atoms with van der Waals surface area (Å²) >= 11 is 5.55. The molecule has 1 aliphatic carbocycles. The van der Waals surface area contributed by atoms with Gasteiger partial charge in [0.2, 0.25) is 5.78 Å². The molecule has 0 bridgehead atoms. The number of aromatic nitrogens is 2. The van der Waals surface area contributed by atoms with Gasteiger partial charge >= 0.3 is 5.91 Å². The monoisotopic (exact) mass is 519 g/mol. The normalized spacial score (nSPS) is 13.1. The molecule has 3 rings (SSSR count). The Balaban J connectivity index is 0.000000350. The van der Waals surface area contributed by atoms with E-state index in [1.165, 1.54) is 19.3 Å². The number of nitrogens with two attached hydrogens (primary N) is 4. The third-order valence-corrected chi connectivity index (χ3v) is 4.64. The van der Waals surface area contributed by atoms with Crippen LogP contribution < -0.4 is 22.9 Å². The van der Waals surface area contributed by atoms with Crippen LogP contribution in [0.15, 0.2) is 71.5 Å². The van der Waals surface area contributed by atoms with E-state index in [1.807, 2.05) is 30.3 Å². The number of hydrogen-bond donors (Lipinski definition) is 4. The Morgan fingerprint density at radius 1 is 1.09 bits per heavy atom. The average Bonchev–Trinajstić information content (AvgIpc) is 2.79. The predicted molar refractivity (Wildman–Crippen MR) is 136 cm³/mol. The number of ether oxygens (including phenoxy) is 1. The second kappa shape index (κ2) is 12.9. The van der Waals surface area contributed by atoms with Crippen LogP contribution in [0.4, 0.5) is 11.6 Å². The van der Waals surface area contributed by atoms with Crippen LogP contribution in [-0.2, 0) is 14.3 Å². The summed E-state index contributed by atoms with van der Waals surface area (Å²) in [5.41, 5.74) is 21.8. The molecule has 1 aliphatic rings. The van der Waals surface area contributed by atoms with Gasteiger partial charge in [-0.1, -0.05) is 48.0 Å². The summed E-state index contributed by atoms with van der Waals surface area (Å²) < 4.78 is 4.86. The van der Waals surface area contributed by atoms with Crippen LogP contribution in [0.2, 0.25) is 5.15 Å². The number of carbonyl (C=O) groups is 3. The van der Waals surface area contributed by atoms with Gasteiger partial charge in [-0.25, -0.2) is 9.97 Å². The highest BCUT2D eigenvalue weighted by Crippen LogP contribution is 2.29. The van der Waals surface area contributed by atoms with Crippen molar-refractivity contribution < 1.29 is 19.1 Å². The Bertz CT molecular complexity index is 1220. The van der Waals surface area contributed by atoms with Crippen LogP contribution >= 0.6 is 24.0 Å². The van der Waals surface area contributed by atoms with Crippen LogP contribution in [0.5, 0.6) is 0 Å². The van der Waals surface area contributed by atoms with Gasteiger partial charge in [-0.05, 0) is 11.6 Å². The lowest BCUT2D eigenvalue weighted by molar-refractivity contribution is -0.117. The maximum Gasteiger partial charge on any atom is 0.302 e. The van der Waals surface area contributed by atoms with Crippen molar-refractivity contribution in [2.75, 3.05) is 18.6 Å². The molecule has 0 radical (unpaired) electrons. The minimum absolute atomic E-state index is 0. The molecule has 0 fully saturated rings. The summed E-state index contributed by atoms with van der Waals surface area (Å²) in [5.74, 6) is -2.22. The molecular weight excluding hydrogens is 497 g/mol. The van der Waals surface area contributed by atoms with Crippen molar-refractivity contribution in [2.45, 2.75) is 5.92 Å². The fourth-order valence-electron chi connectivity index (χ4n) is 2.83. The Labute approximate surface area is 212 Å². The Morgan fingerprint density at radius 3 is 2.26 bits per heavy atom. The van der Waals surface area contributed by atoms with Gasteiger partial charge in [0, 0.05) is 17.6 Å². The number of rotatable bonds is 5. The van der Waals surface area contributed by atoms with Crippen LogP contribution in [-0.4, -0.2) is 40.5 Å². The second-order valence-electron chi connectivity index (χ2n) is 6.64. The molecule has 8 N–H and O–H groups in total. The van der Waals surface area contributed by atoms with E-state index in [2.05, 4.69) is 21.5 Å². The highest BCUT2D eigenvalue weighted by molar-refractivity contribution is 6.31. The largest absolute Gasteiger partial charge is 0.493 e. The SMILES string of the molecule is C=CC(C1=CC(=O)C(OC)=CC1=O)c1ccccc1.Cl.NC(N)=NC(=O)c1nc(Cl)c(N)nc1N. The van der Waals surface area contributed by atoms with Crippen LogP contribution in [0.25, 0.3) is 0 Å². The molecule has 1 heterocycles. The van der Waals surface area contributed by atoms with E-state index in [4.69, 9.17) is 39.3 Å². The molecule has 184 valence electrons. The summed E-state index contributed by atoms with van der Waals surface area (Å²) in [6.45, 7) is 3.75. The van der Waals surface area contributed by atoms with Crippen molar-refractivity contribution in [1.82, 2.24) is 9.97 Å². The number of anilines is 2. The van der Waals surface area contributed by atoms with E-state index in [1.54, 1.807) is 6.08 Å². The van der Waals surface area contributed by atoms with E-state index in [-0.39, 0.29) is 58.1 Å². The first-order chi connectivity index (χ1) is 16.1. The Kier molecular flexibility index (Phi) is 10.6. The first-order valence-corrected chi connectivity index (χ1v) is 9.92. The maximum atomic E-state index is 12.1. The number of aliphatic imine (C=N–C) groups is 1. The summed E-state index contributed by atoms with van der Waals surface area (Å²) in [7, 11) is 1.37. The molecular formula is C22H23Cl2N7O4. The predicted octanol–water partition coefficient (Wildman–Crippen LogP) is 1.69. The number of nitrogen functional groups attached to an aromatic ring is 2. The van der Waals surface area contributed by atoms with Gasteiger partial charge in [-0.15, -0.1) is 19.0 Å². The molecule has 1 atom stereocenters. The maximum absolute atomic E-state index is 12.1. The lowest BCUT2D eigenvalue weighted by Gasteiger charge is -2.18. The number of guanidine groups is 1. The van der Waals surface area contributed by atoms with Gasteiger partial charge in [0.15, 0.2) is 40.0 Å². The summed E-state index contributed by atoms with van der Waals surface area (Å²) in [4.78, 5) is 45.6. The highest BCUT2D eigenvalue weighted by atomic mass is 35.5. The van der Waals surface area contributed by atoms with Gasteiger partial charge in [0.25, 0.3) is 0 Å². The zero-order valence-electron chi connectivity index (χ0n) is 18.5. The first kappa shape index (κ1) is 28.8. The molecule has 35 heavy (non-hydrogen) atoms. The number of allylic oxidation sites excluding steroid dienone is 4. The minimum atomic E-state index is -0.832. The van der Waals surface area contributed by atoms with Crippen LogP contribution in [0.3, 0.4) is 0 Å². The highest BCUT2D eigenvalue weighted by Gasteiger charge is 2.26. The molecule has 11 nitrogen and oxygen atoms in total.